The summed E-state index contributed by atoms with van der Waals surface area (Å²) in [7, 11) is 0. The van der Waals surface area contributed by atoms with Crippen molar-refractivity contribution in [2.24, 2.45) is 5.73 Å². The summed E-state index contributed by atoms with van der Waals surface area (Å²) in [5.41, 5.74) is 9.06. The van der Waals surface area contributed by atoms with E-state index in [9.17, 15) is 4.79 Å². The standard InChI is InChI=1S/C17H21N5O2/c18-8-12-10-22(6-7-24-12)15-13(11-4-2-1-3-5-11)9-19-16-14(15)20-17(23)21-16/h1-4,9,11-12H,5-8,10,18H2,(H2,19,20,21,23). The molecule has 1 fully saturated rings. The van der Waals surface area contributed by atoms with Gasteiger partial charge in [0.15, 0.2) is 5.65 Å². The zero-order valence-electron chi connectivity index (χ0n) is 13.4. The molecule has 2 atom stereocenters. The predicted molar refractivity (Wildman–Crippen MR) is 93.4 cm³/mol. The molecule has 1 aliphatic carbocycles. The number of nitrogens with one attached hydrogen (secondary N) is 2. The van der Waals surface area contributed by atoms with Crippen molar-refractivity contribution in [3.63, 3.8) is 0 Å². The van der Waals surface area contributed by atoms with Gasteiger partial charge >= 0.3 is 5.69 Å². The van der Waals surface area contributed by atoms with Gasteiger partial charge in [-0.2, -0.15) is 0 Å². The van der Waals surface area contributed by atoms with E-state index < -0.39 is 0 Å². The molecular formula is C17H21N5O2. The van der Waals surface area contributed by atoms with Crippen LogP contribution in [0.15, 0.2) is 35.3 Å². The lowest BCUT2D eigenvalue weighted by molar-refractivity contribution is 0.0466. The first kappa shape index (κ1) is 15.2. The van der Waals surface area contributed by atoms with E-state index >= 15 is 0 Å². The SMILES string of the molecule is NCC1CN(c2c(C3C=CC=CC3)cnc3[nH]c(=O)[nH]c23)CCO1. The maximum absolute atomic E-state index is 11.8. The molecule has 7 heteroatoms. The molecule has 24 heavy (non-hydrogen) atoms. The molecule has 2 aromatic heterocycles. The summed E-state index contributed by atoms with van der Waals surface area (Å²) in [6.45, 7) is 2.58. The van der Waals surface area contributed by atoms with Crippen molar-refractivity contribution in [1.82, 2.24) is 15.0 Å². The van der Waals surface area contributed by atoms with Crippen molar-refractivity contribution in [1.29, 1.82) is 0 Å². The molecule has 3 heterocycles. The van der Waals surface area contributed by atoms with Gasteiger partial charge in [-0.15, -0.1) is 0 Å². The predicted octanol–water partition coefficient (Wildman–Crippen LogP) is 1.01. The Labute approximate surface area is 139 Å². The Bertz CT molecular complexity index is 850. The van der Waals surface area contributed by atoms with Gasteiger partial charge in [0.05, 0.1) is 18.4 Å². The highest BCUT2D eigenvalue weighted by Gasteiger charge is 2.26. The smallest absolute Gasteiger partial charge is 0.325 e. The van der Waals surface area contributed by atoms with Gasteiger partial charge in [0.25, 0.3) is 0 Å². The lowest BCUT2D eigenvalue weighted by atomic mass is 9.91. The number of hydrogen-bond acceptors (Lipinski definition) is 5. The number of pyridine rings is 1. The summed E-state index contributed by atoms with van der Waals surface area (Å²) in [5.74, 6) is 0.250. The van der Waals surface area contributed by atoms with Crippen LogP contribution in [0.4, 0.5) is 5.69 Å². The number of H-pyrrole nitrogens is 2. The lowest BCUT2D eigenvalue weighted by Crippen LogP contribution is -2.46. The fraction of sp³-hybridized carbons (Fsp3) is 0.412. The molecule has 0 bridgehead atoms. The minimum atomic E-state index is -0.237. The maximum atomic E-state index is 11.8. The largest absolute Gasteiger partial charge is 0.373 e. The zero-order chi connectivity index (χ0) is 16.5. The summed E-state index contributed by atoms with van der Waals surface area (Å²) >= 11 is 0. The Balaban J connectivity index is 1.84. The number of ether oxygens (including phenoxy) is 1. The topological polar surface area (TPSA) is 100 Å². The van der Waals surface area contributed by atoms with Gasteiger partial charge in [-0.25, -0.2) is 9.78 Å². The van der Waals surface area contributed by atoms with E-state index in [4.69, 9.17) is 10.5 Å². The minimum Gasteiger partial charge on any atom is -0.373 e. The van der Waals surface area contributed by atoms with Crippen LogP contribution < -0.4 is 16.3 Å². The first-order chi connectivity index (χ1) is 11.8. The maximum Gasteiger partial charge on any atom is 0.325 e. The number of anilines is 1. The third-order valence-corrected chi connectivity index (χ3v) is 4.65. The average molecular weight is 327 g/mol. The molecule has 2 aliphatic rings. The summed E-state index contributed by atoms with van der Waals surface area (Å²) in [6.07, 6.45) is 11.3. The van der Waals surface area contributed by atoms with Gasteiger partial charge in [0.1, 0.15) is 5.52 Å². The van der Waals surface area contributed by atoms with Gasteiger partial charge in [-0.3, -0.25) is 4.98 Å². The molecule has 0 saturated carbocycles. The second kappa shape index (κ2) is 6.26. The van der Waals surface area contributed by atoms with E-state index in [0.29, 0.717) is 25.3 Å². The highest BCUT2D eigenvalue weighted by molar-refractivity contribution is 5.88. The van der Waals surface area contributed by atoms with E-state index in [1.54, 1.807) is 0 Å². The third-order valence-electron chi connectivity index (χ3n) is 4.65. The number of imidazole rings is 1. The van der Waals surface area contributed by atoms with E-state index in [2.05, 4.69) is 44.2 Å². The van der Waals surface area contributed by atoms with E-state index in [0.717, 1.165) is 29.7 Å². The van der Waals surface area contributed by atoms with E-state index in [1.807, 2.05) is 6.20 Å². The van der Waals surface area contributed by atoms with Gasteiger partial charge < -0.3 is 20.4 Å². The molecule has 0 spiro atoms. The van der Waals surface area contributed by atoms with Crippen molar-refractivity contribution in [2.75, 3.05) is 31.1 Å². The van der Waals surface area contributed by atoms with Crippen molar-refractivity contribution in [3.05, 3.63) is 46.5 Å². The number of fused-ring (bicyclic) bond motifs is 1. The number of allylic oxidation sites excluding steroid dienone is 4. The molecule has 1 saturated heterocycles. The normalized spacial score (nSPS) is 24.0. The highest BCUT2D eigenvalue weighted by atomic mass is 16.5. The van der Waals surface area contributed by atoms with Gasteiger partial charge in [-0.1, -0.05) is 24.3 Å². The summed E-state index contributed by atoms with van der Waals surface area (Å²) in [6, 6.07) is 0. The Hall–Kier alpha value is -2.38. The number of nitrogens with two attached hydrogens (primary N) is 1. The van der Waals surface area contributed by atoms with Gasteiger partial charge in [-0.05, 0) is 6.42 Å². The molecule has 0 amide bonds. The van der Waals surface area contributed by atoms with Crippen LogP contribution in [0.3, 0.4) is 0 Å². The van der Waals surface area contributed by atoms with Crippen molar-refractivity contribution in [2.45, 2.75) is 18.4 Å². The lowest BCUT2D eigenvalue weighted by Gasteiger charge is -2.36. The van der Waals surface area contributed by atoms with E-state index in [-0.39, 0.29) is 17.7 Å². The van der Waals surface area contributed by atoms with Crippen LogP contribution in [0.25, 0.3) is 11.2 Å². The first-order valence-electron chi connectivity index (χ1n) is 8.27. The fourth-order valence-electron chi connectivity index (χ4n) is 3.47. The zero-order valence-corrected chi connectivity index (χ0v) is 13.4. The van der Waals surface area contributed by atoms with Crippen LogP contribution >= 0.6 is 0 Å². The monoisotopic (exact) mass is 327 g/mol. The third kappa shape index (κ3) is 2.65. The van der Waals surface area contributed by atoms with Crippen LogP contribution in [0, 0.1) is 0 Å². The quantitative estimate of drug-likeness (QED) is 0.781. The average Bonchev–Trinajstić information content (AvgIpc) is 3.01. The Morgan fingerprint density at radius 3 is 3.08 bits per heavy atom. The fourth-order valence-corrected chi connectivity index (χ4v) is 3.47. The van der Waals surface area contributed by atoms with Crippen LogP contribution in [0.1, 0.15) is 17.9 Å². The molecule has 2 unspecified atom stereocenters. The summed E-state index contributed by atoms with van der Waals surface area (Å²) in [4.78, 5) is 24.2. The second-order valence-corrected chi connectivity index (χ2v) is 6.19. The van der Waals surface area contributed by atoms with Gasteiger partial charge in [0.2, 0.25) is 0 Å². The highest BCUT2D eigenvalue weighted by Crippen LogP contribution is 2.36. The molecule has 126 valence electrons. The Kier molecular flexibility index (Phi) is 3.95. The molecule has 0 radical (unpaired) electrons. The van der Waals surface area contributed by atoms with Crippen molar-refractivity contribution < 1.29 is 4.74 Å². The van der Waals surface area contributed by atoms with Crippen LogP contribution in [-0.2, 0) is 4.74 Å². The van der Waals surface area contributed by atoms with Crippen molar-refractivity contribution >= 4 is 16.9 Å². The summed E-state index contributed by atoms with van der Waals surface area (Å²) < 4.78 is 5.69. The van der Waals surface area contributed by atoms with Crippen LogP contribution in [0.2, 0.25) is 0 Å². The number of rotatable bonds is 3. The molecule has 0 aromatic carbocycles. The minimum absolute atomic E-state index is 0.00210. The van der Waals surface area contributed by atoms with Crippen LogP contribution in [0.5, 0.6) is 0 Å². The van der Waals surface area contributed by atoms with E-state index in [1.165, 1.54) is 0 Å². The van der Waals surface area contributed by atoms with Crippen LogP contribution in [-0.4, -0.2) is 47.3 Å². The number of hydrogen-bond donors (Lipinski definition) is 3. The second-order valence-electron chi connectivity index (χ2n) is 6.19. The van der Waals surface area contributed by atoms with Gasteiger partial charge in [0, 0.05) is 37.3 Å². The Morgan fingerprint density at radius 1 is 1.38 bits per heavy atom. The number of aromatic amines is 2. The number of nitrogens with zero attached hydrogens (tertiary/aromatic N) is 2. The summed E-state index contributed by atoms with van der Waals surface area (Å²) in [5, 5.41) is 0. The molecular weight excluding hydrogens is 306 g/mol. The molecule has 2 aromatic rings. The Morgan fingerprint density at radius 2 is 2.29 bits per heavy atom. The molecule has 4 N–H and O–H groups in total. The first-order valence-corrected chi connectivity index (χ1v) is 8.27. The molecule has 4 rings (SSSR count). The number of morpholine rings is 1. The molecule has 1 aliphatic heterocycles. The molecule has 7 nitrogen and oxygen atoms in total. The van der Waals surface area contributed by atoms with Crippen molar-refractivity contribution in [3.8, 4) is 0 Å². The number of aromatic nitrogens is 3.